The Hall–Kier alpha value is -1.28. The maximum atomic E-state index is 12.8. The summed E-state index contributed by atoms with van der Waals surface area (Å²) in [5.74, 6) is 0. The molecule has 0 aromatic heterocycles. The molecule has 1 aromatic rings. The quantitative estimate of drug-likeness (QED) is 0.702. The summed E-state index contributed by atoms with van der Waals surface area (Å²) in [4.78, 5) is 15.8. The third-order valence-corrected chi connectivity index (χ3v) is 4.43. The van der Waals surface area contributed by atoms with Gasteiger partial charge in [0.2, 0.25) is 0 Å². The summed E-state index contributed by atoms with van der Waals surface area (Å²) < 4.78 is 43.7. The van der Waals surface area contributed by atoms with Crippen molar-refractivity contribution >= 4 is 22.0 Å². The van der Waals surface area contributed by atoms with Crippen molar-refractivity contribution in [2.45, 2.75) is 39.1 Å². The van der Waals surface area contributed by atoms with Crippen LogP contribution in [0.15, 0.2) is 22.7 Å². The number of amides is 1. The Labute approximate surface area is 154 Å². The Morgan fingerprint density at radius 2 is 1.76 bits per heavy atom. The molecule has 0 atom stereocenters. The smallest absolute Gasteiger partial charge is 0.417 e. The molecule has 1 amide bonds. The number of piperazine rings is 1. The van der Waals surface area contributed by atoms with Gasteiger partial charge in [-0.05, 0) is 38.5 Å². The zero-order valence-corrected chi connectivity index (χ0v) is 16.1. The first-order valence-corrected chi connectivity index (χ1v) is 8.81. The lowest BCUT2D eigenvalue weighted by Gasteiger charge is -2.35. The van der Waals surface area contributed by atoms with Crippen molar-refractivity contribution < 1.29 is 22.7 Å². The lowest BCUT2D eigenvalue weighted by Crippen LogP contribution is -2.49. The molecule has 8 heteroatoms. The SMILES string of the molecule is CC(C)(C)OC(=O)N1CCN(Cc2ccc(C(F)(F)F)c(Br)c2)CC1. The largest absolute Gasteiger partial charge is 0.444 e. The molecular formula is C17H22BrF3N2O2. The Morgan fingerprint density at radius 1 is 1.16 bits per heavy atom. The molecule has 1 heterocycles. The van der Waals surface area contributed by atoms with Crippen molar-refractivity contribution in [3.05, 3.63) is 33.8 Å². The molecule has 0 N–H and O–H groups in total. The molecule has 140 valence electrons. The maximum Gasteiger partial charge on any atom is 0.417 e. The first-order valence-electron chi connectivity index (χ1n) is 8.01. The van der Waals surface area contributed by atoms with E-state index in [0.717, 1.165) is 11.6 Å². The van der Waals surface area contributed by atoms with E-state index in [-0.39, 0.29) is 10.6 Å². The van der Waals surface area contributed by atoms with Crippen LogP contribution >= 0.6 is 15.9 Å². The fourth-order valence-corrected chi connectivity index (χ4v) is 3.21. The number of benzene rings is 1. The van der Waals surface area contributed by atoms with Gasteiger partial charge in [-0.15, -0.1) is 0 Å². The van der Waals surface area contributed by atoms with E-state index in [1.54, 1.807) is 4.90 Å². The van der Waals surface area contributed by atoms with Gasteiger partial charge in [0.25, 0.3) is 0 Å². The van der Waals surface area contributed by atoms with Gasteiger partial charge < -0.3 is 9.64 Å². The zero-order valence-electron chi connectivity index (χ0n) is 14.5. The minimum Gasteiger partial charge on any atom is -0.444 e. The molecule has 1 fully saturated rings. The van der Waals surface area contributed by atoms with Crippen molar-refractivity contribution in [2.24, 2.45) is 0 Å². The van der Waals surface area contributed by atoms with Gasteiger partial charge in [-0.3, -0.25) is 4.90 Å². The standard InChI is InChI=1S/C17H22BrF3N2O2/c1-16(2,3)25-15(24)23-8-6-22(7-9-23)11-12-4-5-13(14(18)10-12)17(19,20)21/h4-5,10H,6-9,11H2,1-3H3. The fourth-order valence-electron chi connectivity index (χ4n) is 2.56. The summed E-state index contributed by atoms with van der Waals surface area (Å²) in [5, 5.41) is 0. The highest BCUT2D eigenvalue weighted by atomic mass is 79.9. The van der Waals surface area contributed by atoms with Crippen LogP contribution in [0.25, 0.3) is 0 Å². The Bertz CT molecular complexity index is 621. The second-order valence-electron chi connectivity index (χ2n) is 7.06. The number of hydrogen-bond acceptors (Lipinski definition) is 3. The molecule has 2 rings (SSSR count). The van der Waals surface area contributed by atoms with E-state index >= 15 is 0 Å². The number of carbonyl (C=O) groups excluding carboxylic acids is 1. The summed E-state index contributed by atoms with van der Waals surface area (Å²) >= 11 is 3.00. The van der Waals surface area contributed by atoms with Gasteiger partial charge in [-0.1, -0.05) is 22.0 Å². The molecule has 0 unspecified atom stereocenters. The highest BCUT2D eigenvalue weighted by molar-refractivity contribution is 9.10. The summed E-state index contributed by atoms with van der Waals surface area (Å²) in [5.41, 5.74) is -0.405. The van der Waals surface area contributed by atoms with E-state index in [4.69, 9.17) is 4.74 Å². The van der Waals surface area contributed by atoms with E-state index in [1.165, 1.54) is 12.1 Å². The highest BCUT2D eigenvalue weighted by Gasteiger charge is 2.33. The normalized spacial score (nSPS) is 16.8. The fraction of sp³-hybridized carbons (Fsp3) is 0.588. The van der Waals surface area contributed by atoms with Crippen molar-refractivity contribution in [3.8, 4) is 0 Å². The molecule has 1 aliphatic heterocycles. The van der Waals surface area contributed by atoms with Gasteiger partial charge in [0.1, 0.15) is 5.60 Å². The number of alkyl halides is 3. The molecule has 0 saturated carbocycles. The van der Waals surface area contributed by atoms with Gasteiger partial charge in [0.15, 0.2) is 0 Å². The highest BCUT2D eigenvalue weighted by Crippen LogP contribution is 2.35. The zero-order chi connectivity index (χ0) is 18.8. The molecule has 0 aliphatic carbocycles. The number of halogens is 4. The molecule has 1 aromatic carbocycles. The first-order chi connectivity index (χ1) is 11.5. The van der Waals surface area contributed by atoms with Gasteiger partial charge >= 0.3 is 12.3 Å². The second kappa shape index (κ2) is 7.53. The van der Waals surface area contributed by atoms with Gasteiger partial charge in [-0.25, -0.2) is 4.79 Å². The predicted octanol–water partition coefficient (Wildman–Crippen LogP) is 4.52. The molecule has 1 saturated heterocycles. The number of hydrogen-bond donors (Lipinski definition) is 0. The lowest BCUT2D eigenvalue weighted by atomic mass is 10.1. The van der Waals surface area contributed by atoms with Gasteiger partial charge in [-0.2, -0.15) is 13.2 Å². The molecule has 0 radical (unpaired) electrons. The summed E-state index contributed by atoms with van der Waals surface area (Å²) in [7, 11) is 0. The number of nitrogens with zero attached hydrogens (tertiary/aromatic N) is 2. The van der Waals surface area contributed by atoms with Crippen LogP contribution in [0.4, 0.5) is 18.0 Å². The van der Waals surface area contributed by atoms with Crippen LogP contribution in [0.5, 0.6) is 0 Å². The van der Waals surface area contributed by atoms with E-state index in [2.05, 4.69) is 20.8 Å². The van der Waals surface area contributed by atoms with Crippen LogP contribution in [0.2, 0.25) is 0 Å². The summed E-state index contributed by atoms with van der Waals surface area (Å²) in [6.07, 6.45) is -4.69. The Balaban J connectivity index is 1.90. The van der Waals surface area contributed by atoms with E-state index in [0.29, 0.717) is 32.7 Å². The third-order valence-electron chi connectivity index (χ3n) is 3.77. The van der Waals surface area contributed by atoms with Crippen molar-refractivity contribution in [2.75, 3.05) is 26.2 Å². The first kappa shape index (κ1) is 20.0. The second-order valence-corrected chi connectivity index (χ2v) is 7.91. The number of ether oxygens (including phenoxy) is 1. The lowest BCUT2D eigenvalue weighted by molar-refractivity contribution is -0.138. The van der Waals surface area contributed by atoms with E-state index in [1.807, 2.05) is 20.8 Å². The van der Waals surface area contributed by atoms with Gasteiger partial charge in [0, 0.05) is 37.2 Å². The van der Waals surface area contributed by atoms with Crippen molar-refractivity contribution in [1.29, 1.82) is 0 Å². The topological polar surface area (TPSA) is 32.8 Å². The molecule has 25 heavy (non-hydrogen) atoms. The van der Waals surface area contributed by atoms with Crippen molar-refractivity contribution in [3.63, 3.8) is 0 Å². The Kier molecular flexibility index (Phi) is 6.04. The molecular weight excluding hydrogens is 401 g/mol. The van der Waals surface area contributed by atoms with Crippen LogP contribution in [0.3, 0.4) is 0 Å². The van der Waals surface area contributed by atoms with Crippen LogP contribution in [0, 0.1) is 0 Å². The molecule has 0 bridgehead atoms. The maximum absolute atomic E-state index is 12.8. The van der Waals surface area contributed by atoms with Crippen LogP contribution in [-0.4, -0.2) is 47.7 Å². The van der Waals surface area contributed by atoms with Crippen LogP contribution < -0.4 is 0 Å². The average Bonchev–Trinajstić information content (AvgIpc) is 2.44. The average molecular weight is 423 g/mol. The molecule has 1 aliphatic rings. The van der Waals surface area contributed by atoms with E-state index < -0.39 is 17.3 Å². The molecule has 0 spiro atoms. The van der Waals surface area contributed by atoms with Crippen LogP contribution in [0.1, 0.15) is 31.9 Å². The summed E-state index contributed by atoms with van der Waals surface area (Å²) in [6.45, 7) is 8.39. The monoisotopic (exact) mass is 422 g/mol. The van der Waals surface area contributed by atoms with Gasteiger partial charge in [0.05, 0.1) is 5.56 Å². The number of carbonyl (C=O) groups is 1. The summed E-state index contributed by atoms with van der Waals surface area (Å²) in [6, 6.07) is 4.09. The Morgan fingerprint density at radius 3 is 2.24 bits per heavy atom. The predicted molar refractivity (Wildman–Crippen MR) is 92.2 cm³/mol. The van der Waals surface area contributed by atoms with E-state index in [9.17, 15) is 18.0 Å². The third kappa shape index (κ3) is 5.88. The number of rotatable bonds is 2. The minimum absolute atomic E-state index is 0.0462. The van der Waals surface area contributed by atoms with Crippen LogP contribution in [-0.2, 0) is 17.5 Å². The minimum atomic E-state index is -4.36. The van der Waals surface area contributed by atoms with Crippen molar-refractivity contribution in [1.82, 2.24) is 9.80 Å². The molecule has 4 nitrogen and oxygen atoms in total.